The molecule has 2 aromatic rings. The summed E-state index contributed by atoms with van der Waals surface area (Å²) in [4.78, 5) is 0. The predicted molar refractivity (Wildman–Crippen MR) is 85.7 cm³/mol. The first-order chi connectivity index (χ1) is 9.61. The van der Waals surface area contributed by atoms with Gasteiger partial charge in [0, 0.05) is 15.5 Å². The van der Waals surface area contributed by atoms with Crippen LogP contribution in [-0.2, 0) is 11.8 Å². The first-order valence-corrected chi connectivity index (χ1v) is 7.47. The SMILES string of the molecule is CCC(CO)(Cc1ccc(Cl)cc1Cl)c1ccccc1. The third kappa shape index (κ3) is 3.17. The molecule has 0 saturated carbocycles. The molecule has 1 unspecified atom stereocenters. The maximum Gasteiger partial charge on any atom is 0.0531 e. The molecule has 0 fully saturated rings. The smallest absolute Gasteiger partial charge is 0.0531 e. The normalized spacial score (nSPS) is 14.0. The van der Waals surface area contributed by atoms with Crippen molar-refractivity contribution < 1.29 is 5.11 Å². The number of hydrogen-bond donors (Lipinski definition) is 1. The molecule has 0 aromatic heterocycles. The average Bonchev–Trinajstić information content (AvgIpc) is 2.48. The first kappa shape index (κ1) is 15.4. The fourth-order valence-corrected chi connectivity index (χ4v) is 2.99. The Morgan fingerprint density at radius 1 is 1.05 bits per heavy atom. The van der Waals surface area contributed by atoms with Crippen molar-refractivity contribution in [3.8, 4) is 0 Å². The van der Waals surface area contributed by atoms with E-state index in [2.05, 4.69) is 19.1 Å². The minimum atomic E-state index is -0.307. The average molecular weight is 309 g/mol. The van der Waals surface area contributed by atoms with Gasteiger partial charge < -0.3 is 5.11 Å². The lowest BCUT2D eigenvalue weighted by molar-refractivity contribution is 0.186. The highest BCUT2D eigenvalue weighted by atomic mass is 35.5. The van der Waals surface area contributed by atoms with Gasteiger partial charge in [-0.1, -0.05) is 66.5 Å². The molecule has 106 valence electrons. The molecule has 0 aliphatic rings. The van der Waals surface area contributed by atoms with Crippen LogP contribution in [-0.4, -0.2) is 11.7 Å². The molecular formula is C17H18Cl2O. The summed E-state index contributed by atoms with van der Waals surface area (Å²) in [6, 6.07) is 15.6. The zero-order valence-corrected chi connectivity index (χ0v) is 13.0. The van der Waals surface area contributed by atoms with E-state index in [0.29, 0.717) is 16.5 Å². The van der Waals surface area contributed by atoms with Crippen LogP contribution in [0.15, 0.2) is 48.5 Å². The van der Waals surface area contributed by atoms with Crippen LogP contribution in [0.25, 0.3) is 0 Å². The summed E-state index contributed by atoms with van der Waals surface area (Å²) in [5.74, 6) is 0. The predicted octanol–water partition coefficient (Wildman–Crippen LogP) is 4.88. The number of halogens is 2. The van der Waals surface area contributed by atoms with Gasteiger partial charge in [0.1, 0.15) is 0 Å². The van der Waals surface area contributed by atoms with Crippen molar-refractivity contribution in [2.75, 3.05) is 6.61 Å². The lowest BCUT2D eigenvalue weighted by Crippen LogP contribution is -2.32. The zero-order valence-electron chi connectivity index (χ0n) is 11.4. The molecular weight excluding hydrogens is 291 g/mol. The Labute approximate surface area is 130 Å². The second-order valence-corrected chi connectivity index (χ2v) is 5.91. The monoisotopic (exact) mass is 308 g/mol. The summed E-state index contributed by atoms with van der Waals surface area (Å²) in [7, 11) is 0. The first-order valence-electron chi connectivity index (χ1n) is 6.71. The topological polar surface area (TPSA) is 20.2 Å². The maximum atomic E-state index is 9.97. The molecule has 0 heterocycles. The molecule has 1 nitrogen and oxygen atoms in total. The Bertz CT molecular complexity index is 562. The largest absolute Gasteiger partial charge is 0.395 e. The van der Waals surface area contributed by atoms with Crippen LogP contribution in [0.5, 0.6) is 0 Å². The van der Waals surface area contributed by atoms with Crippen LogP contribution >= 0.6 is 23.2 Å². The van der Waals surface area contributed by atoms with Gasteiger partial charge in [0.05, 0.1) is 6.61 Å². The molecule has 0 spiro atoms. The van der Waals surface area contributed by atoms with E-state index in [-0.39, 0.29) is 12.0 Å². The molecule has 0 aliphatic carbocycles. The number of aliphatic hydroxyl groups is 1. The summed E-state index contributed by atoms with van der Waals surface area (Å²) < 4.78 is 0. The van der Waals surface area contributed by atoms with Crippen LogP contribution in [0.2, 0.25) is 10.0 Å². The highest BCUT2D eigenvalue weighted by molar-refractivity contribution is 6.35. The molecule has 3 heteroatoms. The Hall–Kier alpha value is -1.02. The van der Waals surface area contributed by atoms with Crippen molar-refractivity contribution in [2.45, 2.75) is 25.2 Å². The van der Waals surface area contributed by atoms with Gasteiger partial charge in [0.2, 0.25) is 0 Å². The minimum absolute atomic E-state index is 0.0898. The standard InChI is InChI=1S/C17H18Cl2O/c1-2-17(12-20,14-6-4-3-5-7-14)11-13-8-9-15(18)10-16(13)19/h3-10,20H,2,11-12H2,1H3. The van der Waals surface area contributed by atoms with Crippen molar-refractivity contribution in [1.29, 1.82) is 0 Å². The molecule has 0 radical (unpaired) electrons. The van der Waals surface area contributed by atoms with Gasteiger partial charge in [-0.15, -0.1) is 0 Å². The maximum absolute atomic E-state index is 9.97. The van der Waals surface area contributed by atoms with E-state index in [1.54, 1.807) is 6.07 Å². The van der Waals surface area contributed by atoms with Crippen molar-refractivity contribution in [2.24, 2.45) is 0 Å². The molecule has 1 N–H and O–H groups in total. The Morgan fingerprint density at radius 2 is 1.75 bits per heavy atom. The van der Waals surface area contributed by atoms with Gasteiger partial charge >= 0.3 is 0 Å². The van der Waals surface area contributed by atoms with Gasteiger partial charge in [-0.3, -0.25) is 0 Å². The van der Waals surface area contributed by atoms with Crippen molar-refractivity contribution >= 4 is 23.2 Å². The second-order valence-electron chi connectivity index (χ2n) is 5.07. The van der Waals surface area contributed by atoms with E-state index in [0.717, 1.165) is 17.5 Å². The van der Waals surface area contributed by atoms with E-state index in [9.17, 15) is 5.11 Å². The molecule has 0 amide bonds. The van der Waals surface area contributed by atoms with E-state index in [4.69, 9.17) is 23.2 Å². The molecule has 1 atom stereocenters. The van der Waals surface area contributed by atoms with Crippen molar-refractivity contribution in [3.63, 3.8) is 0 Å². The lowest BCUT2D eigenvalue weighted by Gasteiger charge is -2.32. The number of benzene rings is 2. The summed E-state index contributed by atoms with van der Waals surface area (Å²) in [6.45, 7) is 2.18. The fraction of sp³-hybridized carbons (Fsp3) is 0.294. The van der Waals surface area contributed by atoms with Gasteiger partial charge in [-0.05, 0) is 36.1 Å². The van der Waals surface area contributed by atoms with Gasteiger partial charge in [0.25, 0.3) is 0 Å². The zero-order chi connectivity index (χ0) is 14.6. The van der Waals surface area contributed by atoms with Gasteiger partial charge in [-0.25, -0.2) is 0 Å². The summed E-state index contributed by atoms with van der Waals surface area (Å²) >= 11 is 12.2. The molecule has 2 rings (SSSR count). The molecule has 0 saturated heterocycles. The molecule has 2 aromatic carbocycles. The minimum Gasteiger partial charge on any atom is -0.395 e. The molecule has 0 bridgehead atoms. The molecule has 20 heavy (non-hydrogen) atoms. The highest BCUT2D eigenvalue weighted by Gasteiger charge is 2.30. The van der Waals surface area contributed by atoms with E-state index in [1.807, 2.05) is 30.3 Å². The second kappa shape index (κ2) is 6.62. The third-order valence-corrected chi connectivity index (χ3v) is 4.50. The molecule has 0 aliphatic heterocycles. The Balaban J connectivity index is 2.39. The highest BCUT2D eigenvalue weighted by Crippen LogP contribution is 2.34. The van der Waals surface area contributed by atoms with Crippen LogP contribution in [0.3, 0.4) is 0 Å². The van der Waals surface area contributed by atoms with Gasteiger partial charge in [-0.2, -0.15) is 0 Å². The van der Waals surface area contributed by atoms with Crippen molar-refractivity contribution in [3.05, 3.63) is 69.7 Å². The Morgan fingerprint density at radius 3 is 2.30 bits per heavy atom. The number of rotatable bonds is 5. The summed E-state index contributed by atoms with van der Waals surface area (Å²) in [5, 5.41) is 11.2. The Kier molecular flexibility index (Phi) is 5.09. The summed E-state index contributed by atoms with van der Waals surface area (Å²) in [6.07, 6.45) is 1.53. The van der Waals surface area contributed by atoms with E-state index >= 15 is 0 Å². The van der Waals surface area contributed by atoms with E-state index < -0.39 is 0 Å². The van der Waals surface area contributed by atoms with Crippen LogP contribution in [0, 0.1) is 0 Å². The van der Waals surface area contributed by atoms with Gasteiger partial charge in [0.15, 0.2) is 0 Å². The summed E-state index contributed by atoms with van der Waals surface area (Å²) in [5.41, 5.74) is 1.84. The lowest BCUT2D eigenvalue weighted by atomic mass is 9.74. The van der Waals surface area contributed by atoms with Crippen LogP contribution in [0.1, 0.15) is 24.5 Å². The van der Waals surface area contributed by atoms with Crippen LogP contribution < -0.4 is 0 Å². The van der Waals surface area contributed by atoms with Crippen molar-refractivity contribution in [1.82, 2.24) is 0 Å². The van der Waals surface area contributed by atoms with E-state index in [1.165, 1.54) is 0 Å². The van der Waals surface area contributed by atoms with Crippen LogP contribution in [0.4, 0.5) is 0 Å². The quantitative estimate of drug-likeness (QED) is 0.835. The number of hydrogen-bond acceptors (Lipinski definition) is 1. The third-order valence-electron chi connectivity index (χ3n) is 3.91. The fourth-order valence-electron chi connectivity index (χ4n) is 2.51. The number of aliphatic hydroxyl groups excluding tert-OH is 1.